The standard InChI is InChI=1S/C8H20N2/c1-5-8(10,6-2)7(3,4)9/h5-6,9-10H2,1-4H3. The number of hydrogen-bond donors (Lipinski definition) is 2. The minimum absolute atomic E-state index is 0.201. The second kappa shape index (κ2) is 2.89. The number of rotatable bonds is 3. The third kappa shape index (κ3) is 1.70. The summed E-state index contributed by atoms with van der Waals surface area (Å²) in [6, 6.07) is 0. The molecule has 0 saturated carbocycles. The first-order valence-electron chi connectivity index (χ1n) is 3.95. The summed E-state index contributed by atoms with van der Waals surface area (Å²) in [7, 11) is 0. The number of nitrogens with two attached hydrogens (primary N) is 2. The quantitative estimate of drug-likeness (QED) is 0.626. The molecular weight excluding hydrogens is 124 g/mol. The summed E-state index contributed by atoms with van der Waals surface area (Å²) in [5.74, 6) is 0. The van der Waals surface area contributed by atoms with Crippen LogP contribution in [-0.4, -0.2) is 11.1 Å². The van der Waals surface area contributed by atoms with Crippen molar-refractivity contribution in [2.45, 2.75) is 51.6 Å². The third-order valence-corrected chi connectivity index (χ3v) is 2.55. The summed E-state index contributed by atoms with van der Waals surface area (Å²) < 4.78 is 0. The Morgan fingerprint density at radius 2 is 1.30 bits per heavy atom. The van der Waals surface area contributed by atoms with Crippen LogP contribution < -0.4 is 11.5 Å². The molecule has 0 saturated heterocycles. The lowest BCUT2D eigenvalue weighted by atomic mass is 9.77. The third-order valence-electron chi connectivity index (χ3n) is 2.55. The fourth-order valence-corrected chi connectivity index (χ4v) is 1.16. The van der Waals surface area contributed by atoms with Gasteiger partial charge in [0.25, 0.3) is 0 Å². The largest absolute Gasteiger partial charge is 0.324 e. The predicted octanol–water partition coefficient (Wildman–Crippen LogP) is 1.24. The van der Waals surface area contributed by atoms with E-state index < -0.39 is 0 Å². The van der Waals surface area contributed by atoms with Crippen molar-refractivity contribution in [2.24, 2.45) is 11.5 Å². The lowest BCUT2D eigenvalue weighted by Gasteiger charge is -2.40. The van der Waals surface area contributed by atoms with Crippen molar-refractivity contribution in [2.75, 3.05) is 0 Å². The Balaban J connectivity index is 4.33. The van der Waals surface area contributed by atoms with Gasteiger partial charge in [0.15, 0.2) is 0 Å². The Morgan fingerprint density at radius 3 is 1.30 bits per heavy atom. The minimum atomic E-state index is -0.267. The highest BCUT2D eigenvalue weighted by Crippen LogP contribution is 2.23. The molecule has 0 radical (unpaired) electrons. The van der Waals surface area contributed by atoms with Crippen LogP contribution in [0.5, 0.6) is 0 Å². The molecule has 62 valence electrons. The van der Waals surface area contributed by atoms with Crippen LogP contribution in [0, 0.1) is 0 Å². The Labute approximate surface area is 64.0 Å². The van der Waals surface area contributed by atoms with Crippen molar-refractivity contribution < 1.29 is 0 Å². The van der Waals surface area contributed by atoms with E-state index in [9.17, 15) is 0 Å². The monoisotopic (exact) mass is 144 g/mol. The summed E-state index contributed by atoms with van der Waals surface area (Å²) in [6.07, 6.45) is 1.88. The zero-order valence-electron chi connectivity index (χ0n) is 7.57. The molecule has 0 unspecified atom stereocenters. The molecule has 0 aliphatic carbocycles. The molecule has 2 nitrogen and oxygen atoms in total. The highest BCUT2D eigenvalue weighted by molar-refractivity contribution is 4.99. The minimum Gasteiger partial charge on any atom is -0.324 e. The molecule has 4 N–H and O–H groups in total. The van der Waals surface area contributed by atoms with Crippen molar-refractivity contribution in [1.82, 2.24) is 0 Å². The zero-order chi connectivity index (χ0) is 8.41. The van der Waals surface area contributed by atoms with Crippen LogP contribution in [0.1, 0.15) is 40.5 Å². The van der Waals surface area contributed by atoms with Gasteiger partial charge in [-0.15, -0.1) is 0 Å². The fourth-order valence-electron chi connectivity index (χ4n) is 1.16. The molecule has 0 aromatic carbocycles. The Morgan fingerprint density at radius 1 is 1.00 bits per heavy atom. The van der Waals surface area contributed by atoms with E-state index in [0.717, 1.165) is 12.8 Å². The molecule has 0 heterocycles. The average molecular weight is 144 g/mol. The van der Waals surface area contributed by atoms with Crippen LogP contribution in [0.4, 0.5) is 0 Å². The van der Waals surface area contributed by atoms with Crippen molar-refractivity contribution in [3.8, 4) is 0 Å². The van der Waals surface area contributed by atoms with Gasteiger partial charge < -0.3 is 11.5 Å². The first-order valence-corrected chi connectivity index (χ1v) is 3.95. The van der Waals surface area contributed by atoms with Crippen molar-refractivity contribution >= 4 is 0 Å². The van der Waals surface area contributed by atoms with Gasteiger partial charge in [-0.05, 0) is 26.7 Å². The molecule has 2 heteroatoms. The van der Waals surface area contributed by atoms with E-state index in [1.165, 1.54) is 0 Å². The summed E-state index contributed by atoms with van der Waals surface area (Å²) in [6.45, 7) is 8.14. The summed E-state index contributed by atoms with van der Waals surface area (Å²) in [4.78, 5) is 0. The van der Waals surface area contributed by atoms with Gasteiger partial charge in [-0.2, -0.15) is 0 Å². The van der Waals surface area contributed by atoms with Crippen molar-refractivity contribution in [3.05, 3.63) is 0 Å². The van der Waals surface area contributed by atoms with Gasteiger partial charge in [0.05, 0.1) is 0 Å². The summed E-state index contributed by atoms with van der Waals surface area (Å²) in [5.41, 5.74) is 11.5. The topological polar surface area (TPSA) is 52.0 Å². The normalized spacial score (nSPS) is 13.8. The van der Waals surface area contributed by atoms with Gasteiger partial charge in [0.1, 0.15) is 0 Å². The Bertz CT molecular complexity index is 98.3. The highest BCUT2D eigenvalue weighted by atomic mass is 14.9. The van der Waals surface area contributed by atoms with Gasteiger partial charge in [0, 0.05) is 11.1 Å². The zero-order valence-corrected chi connectivity index (χ0v) is 7.57. The molecular formula is C8H20N2. The lowest BCUT2D eigenvalue weighted by molar-refractivity contribution is 0.241. The van der Waals surface area contributed by atoms with Gasteiger partial charge in [-0.25, -0.2) is 0 Å². The van der Waals surface area contributed by atoms with Crippen molar-refractivity contribution in [1.29, 1.82) is 0 Å². The van der Waals surface area contributed by atoms with Gasteiger partial charge in [-0.3, -0.25) is 0 Å². The van der Waals surface area contributed by atoms with Crippen LogP contribution >= 0.6 is 0 Å². The second-order valence-electron chi connectivity index (χ2n) is 3.58. The van der Waals surface area contributed by atoms with E-state index in [1.807, 2.05) is 13.8 Å². The SMILES string of the molecule is CCC(N)(CC)C(C)(C)N. The Kier molecular flexibility index (Phi) is 2.86. The molecule has 0 aromatic heterocycles. The first kappa shape index (κ1) is 9.92. The van der Waals surface area contributed by atoms with Crippen LogP contribution in [0.2, 0.25) is 0 Å². The van der Waals surface area contributed by atoms with Crippen LogP contribution in [0.3, 0.4) is 0 Å². The highest BCUT2D eigenvalue weighted by Gasteiger charge is 2.34. The smallest absolute Gasteiger partial charge is 0.0326 e. The second-order valence-corrected chi connectivity index (χ2v) is 3.58. The van der Waals surface area contributed by atoms with Crippen LogP contribution in [0.25, 0.3) is 0 Å². The van der Waals surface area contributed by atoms with E-state index in [0.29, 0.717) is 0 Å². The fraction of sp³-hybridized carbons (Fsp3) is 1.00. The molecule has 0 bridgehead atoms. The lowest BCUT2D eigenvalue weighted by Crippen LogP contribution is -2.61. The van der Waals surface area contributed by atoms with E-state index in [4.69, 9.17) is 11.5 Å². The molecule has 0 amide bonds. The molecule has 0 aliphatic heterocycles. The molecule has 10 heavy (non-hydrogen) atoms. The average Bonchev–Trinajstić information content (AvgIpc) is 1.84. The first-order chi connectivity index (χ1) is 4.37. The predicted molar refractivity (Wildman–Crippen MR) is 45.8 cm³/mol. The van der Waals surface area contributed by atoms with E-state index in [-0.39, 0.29) is 11.1 Å². The maximum Gasteiger partial charge on any atom is 0.0326 e. The van der Waals surface area contributed by atoms with Crippen LogP contribution in [0.15, 0.2) is 0 Å². The van der Waals surface area contributed by atoms with E-state index >= 15 is 0 Å². The van der Waals surface area contributed by atoms with Crippen molar-refractivity contribution in [3.63, 3.8) is 0 Å². The number of hydrogen-bond acceptors (Lipinski definition) is 2. The summed E-state index contributed by atoms with van der Waals surface area (Å²) in [5, 5.41) is 0. The van der Waals surface area contributed by atoms with E-state index in [2.05, 4.69) is 13.8 Å². The van der Waals surface area contributed by atoms with Crippen LogP contribution in [-0.2, 0) is 0 Å². The maximum atomic E-state index is 6.05. The molecule has 0 rings (SSSR count). The van der Waals surface area contributed by atoms with E-state index in [1.54, 1.807) is 0 Å². The Hall–Kier alpha value is -0.0800. The van der Waals surface area contributed by atoms with Gasteiger partial charge >= 0.3 is 0 Å². The summed E-state index contributed by atoms with van der Waals surface area (Å²) >= 11 is 0. The van der Waals surface area contributed by atoms with Gasteiger partial charge in [-0.1, -0.05) is 13.8 Å². The molecule has 0 fully saturated rings. The van der Waals surface area contributed by atoms with Gasteiger partial charge in [0.2, 0.25) is 0 Å². The molecule has 0 aromatic rings. The molecule has 0 aliphatic rings. The molecule has 0 spiro atoms. The maximum absolute atomic E-state index is 6.05. The molecule has 0 atom stereocenters.